The summed E-state index contributed by atoms with van der Waals surface area (Å²) in [7, 11) is 3.32. The van der Waals surface area contributed by atoms with Crippen molar-refractivity contribution in [3.8, 4) is 22.9 Å². The zero-order valence-corrected chi connectivity index (χ0v) is 19.1. The molecule has 1 N–H and O–H groups in total. The van der Waals surface area contributed by atoms with Crippen molar-refractivity contribution in [3.05, 3.63) is 65.5 Å². The summed E-state index contributed by atoms with van der Waals surface area (Å²) >= 11 is 0. The summed E-state index contributed by atoms with van der Waals surface area (Å²) in [6.45, 7) is 2.49. The first-order valence-corrected chi connectivity index (χ1v) is 11.3. The number of carbonyl (C=O) groups excluding carboxylic acids is 1. The number of benzene rings is 2. The van der Waals surface area contributed by atoms with Gasteiger partial charge in [0.15, 0.2) is 0 Å². The molecule has 1 heterocycles. The maximum atomic E-state index is 13.2. The molecule has 0 radical (unpaired) electrons. The first kappa shape index (κ1) is 21.9. The minimum absolute atomic E-state index is 0.107. The van der Waals surface area contributed by atoms with E-state index in [1.54, 1.807) is 14.2 Å². The molecule has 0 aliphatic heterocycles. The zero-order valence-electron chi connectivity index (χ0n) is 19.1. The molecule has 4 rings (SSSR count). The highest BCUT2D eigenvalue weighted by Gasteiger charge is 2.25. The van der Waals surface area contributed by atoms with E-state index < -0.39 is 0 Å². The normalized spacial score (nSPS) is 14.2. The Morgan fingerprint density at radius 3 is 2.38 bits per heavy atom. The Hall–Kier alpha value is -3.28. The van der Waals surface area contributed by atoms with Crippen molar-refractivity contribution in [2.45, 2.75) is 51.6 Å². The van der Waals surface area contributed by atoms with Crippen molar-refractivity contribution in [1.82, 2.24) is 14.9 Å². The van der Waals surface area contributed by atoms with Gasteiger partial charge in [-0.1, -0.05) is 49.6 Å². The molecule has 2 aromatic carbocycles. The molecule has 168 valence electrons. The number of rotatable bonds is 7. The van der Waals surface area contributed by atoms with E-state index in [0.717, 1.165) is 41.2 Å². The van der Waals surface area contributed by atoms with Crippen molar-refractivity contribution in [3.63, 3.8) is 0 Å². The number of imidazole rings is 1. The van der Waals surface area contributed by atoms with Gasteiger partial charge in [-0.15, -0.1) is 0 Å². The molecule has 1 aliphatic rings. The SMILES string of the molecule is COc1ccccc1Cn1c(-c2ccccc2OC)nc(C(=O)NC2CCCCC2)c1C. The second-order valence-corrected chi connectivity index (χ2v) is 8.28. The third kappa shape index (κ3) is 4.49. The van der Waals surface area contributed by atoms with E-state index >= 15 is 0 Å². The van der Waals surface area contributed by atoms with Crippen molar-refractivity contribution in [2.75, 3.05) is 14.2 Å². The Bertz CT molecular complexity index is 1080. The molecule has 32 heavy (non-hydrogen) atoms. The minimum atomic E-state index is -0.107. The number of amides is 1. The van der Waals surface area contributed by atoms with Gasteiger partial charge < -0.3 is 19.4 Å². The Labute approximate surface area is 189 Å². The number of carbonyl (C=O) groups is 1. The molecule has 1 saturated carbocycles. The smallest absolute Gasteiger partial charge is 0.271 e. The average Bonchev–Trinajstić information content (AvgIpc) is 3.16. The second-order valence-electron chi connectivity index (χ2n) is 8.28. The van der Waals surface area contributed by atoms with Crippen LogP contribution in [-0.4, -0.2) is 35.7 Å². The molecule has 6 nitrogen and oxygen atoms in total. The summed E-state index contributed by atoms with van der Waals surface area (Å²) in [6.07, 6.45) is 5.65. The molecule has 0 saturated heterocycles. The molecule has 6 heteroatoms. The van der Waals surface area contributed by atoms with Crippen LogP contribution >= 0.6 is 0 Å². The second kappa shape index (κ2) is 9.90. The van der Waals surface area contributed by atoms with Crippen molar-refractivity contribution >= 4 is 5.91 Å². The van der Waals surface area contributed by atoms with Crippen molar-refractivity contribution in [1.29, 1.82) is 0 Å². The maximum absolute atomic E-state index is 13.2. The van der Waals surface area contributed by atoms with Crippen LogP contribution in [0.4, 0.5) is 0 Å². The van der Waals surface area contributed by atoms with Crippen molar-refractivity contribution < 1.29 is 14.3 Å². The molecule has 1 amide bonds. The Morgan fingerprint density at radius 1 is 1.00 bits per heavy atom. The summed E-state index contributed by atoms with van der Waals surface area (Å²) in [6, 6.07) is 15.9. The van der Waals surface area contributed by atoms with Crippen LogP contribution in [0.2, 0.25) is 0 Å². The molecular weight excluding hydrogens is 402 g/mol. The quantitative estimate of drug-likeness (QED) is 0.570. The Morgan fingerprint density at radius 2 is 1.66 bits per heavy atom. The number of nitrogens with one attached hydrogen (secondary N) is 1. The summed E-state index contributed by atoms with van der Waals surface area (Å²) in [5.41, 5.74) is 3.16. The van der Waals surface area contributed by atoms with Crippen LogP contribution in [0, 0.1) is 6.92 Å². The van der Waals surface area contributed by atoms with Crippen LogP contribution in [0.5, 0.6) is 11.5 Å². The van der Waals surface area contributed by atoms with Crippen LogP contribution in [0.25, 0.3) is 11.4 Å². The van der Waals surface area contributed by atoms with Crippen molar-refractivity contribution in [2.24, 2.45) is 0 Å². The van der Waals surface area contributed by atoms with Gasteiger partial charge in [-0.05, 0) is 38.0 Å². The molecule has 0 atom stereocenters. The van der Waals surface area contributed by atoms with Crippen LogP contribution in [0.15, 0.2) is 48.5 Å². The van der Waals surface area contributed by atoms with E-state index in [1.165, 1.54) is 19.3 Å². The van der Waals surface area contributed by atoms with Gasteiger partial charge in [-0.25, -0.2) is 4.98 Å². The molecule has 1 fully saturated rings. The lowest BCUT2D eigenvalue weighted by Gasteiger charge is -2.22. The Kier molecular flexibility index (Phi) is 6.78. The molecule has 3 aromatic rings. The average molecular weight is 434 g/mol. The van der Waals surface area contributed by atoms with Crippen LogP contribution in [-0.2, 0) is 6.54 Å². The van der Waals surface area contributed by atoms with E-state index in [2.05, 4.69) is 9.88 Å². The van der Waals surface area contributed by atoms with E-state index in [9.17, 15) is 4.79 Å². The van der Waals surface area contributed by atoms with Crippen LogP contribution < -0.4 is 14.8 Å². The predicted octanol–water partition coefficient (Wildman–Crippen LogP) is 4.99. The van der Waals surface area contributed by atoms with E-state index in [4.69, 9.17) is 14.5 Å². The van der Waals surface area contributed by atoms with Gasteiger partial charge in [-0.3, -0.25) is 4.79 Å². The number of ether oxygens (including phenoxy) is 2. The number of hydrogen-bond acceptors (Lipinski definition) is 4. The van der Waals surface area contributed by atoms with Gasteiger partial charge in [-0.2, -0.15) is 0 Å². The fourth-order valence-corrected chi connectivity index (χ4v) is 4.48. The monoisotopic (exact) mass is 433 g/mol. The van der Waals surface area contributed by atoms with Gasteiger partial charge >= 0.3 is 0 Å². The molecule has 1 aliphatic carbocycles. The largest absolute Gasteiger partial charge is 0.496 e. The summed E-state index contributed by atoms with van der Waals surface area (Å²) in [4.78, 5) is 18.1. The lowest BCUT2D eigenvalue weighted by molar-refractivity contribution is 0.0922. The number of nitrogens with zero attached hydrogens (tertiary/aromatic N) is 2. The van der Waals surface area contributed by atoms with Crippen LogP contribution in [0.1, 0.15) is 53.8 Å². The van der Waals surface area contributed by atoms with E-state index in [-0.39, 0.29) is 11.9 Å². The van der Waals surface area contributed by atoms with Gasteiger partial charge in [0.25, 0.3) is 5.91 Å². The third-order valence-corrected chi connectivity index (χ3v) is 6.25. The van der Waals surface area contributed by atoms with Gasteiger partial charge in [0.05, 0.1) is 26.3 Å². The van der Waals surface area contributed by atoms with E-state index in [1.807, 2.05) is 55.5 Å². The third-order valence-electron chi connectivity index (χ3n) is 6.25. The number of para-hydroxylation sites is 2. The number of methoxy groups -OCH3 is 2. The topological polar surface area (TPSA) is 65.4 Å². The Balaban J connectivity index is 1.76. The number of hydrogen-bond donors (Lipinski definition) is 1. The summed E-state index contributed by atoms with van der Waals surface area (Å²) in [5.74, 6) is 2.13. The highest BCUT2D eigenvalue weighted by Crippen LogP contribution is 2.32. The van der Waals surface area contributed by atoms with Gasteiger partial charge in [0.1, 0.15) is 23.0 Å². The summed E-state index contributed by atoms with van der Waals surface area (Å²) in [5, 5.41) is 3.21. The lowest BCUT2D eigenvalue weighted by atomic mass is 9.95. The fourth-order valence-electron chi connectivity index (χ4n) is 4.48. The number of aromatic nitrogens is 2. The van der Waals surface area contributed by atoms with E-state index in [0.29, 0.717) is 18.1 Å². The van der Waals surface area contributed by atoms with Gasteiger partial charge in [0, 0.05) is 17.3 Å². The lowest BCUT2D eigenvalue weighted by Crippen LogP contribution is -2.36. The molecule has 0 unspecified atom stereocenters. The first-order chi connectivity index (χ1) is 15.6. The maximum Gasteiger partial charge on any atom is 0.271 e. The highest BCUT2D eigenvalue weighted by atomic mass is 16.5. The molecule has 0 spiro atoms. The standard InChI is InChI=1S/C26H31N3O3/c1-18-24(26(30)27-20-12-5-4-6-13-20)28-25(21-14-8-10-16-23(21)32-3)29(18)17-19-11-7-9-15-22(19)31-2/h7-11,14-16,20H,4-6,12-13,17H2,1-3H3,(H,27,30). The molecule has 0 bridgehead atoms. The summed E-state index contributed by atoms with van der Waals surface area (Å²) < 4.78 is 13.2. The first-order valence-electron chi connectivity index (χ1n) is 11.3. The predicted molar refractivity (Wildman–Crippen MR) is 125 cm³/mol. The molecule has 1 aromatic heterocycles. The minimum Gasteiger partial charge on any atom is -0.496 e. The van der Waals surface area contributed by atoms with Gasteiger partial charge in [0.2, 0.25) is 0 Å². The molecular formula is C26H31N3O3. The zero-order chi connectivity index (χ0) is 22.5. The van der Waals surface area contributed by atoms with Crippen LogP contribution in [0.3, 0.4) is 0 Å². The fraction of sp³-hybridized carbons (Fsp3) is 0.385. The highest BCUT2D eigenvalue weighted by molar-refractivity contribution is 5.94.